The summed E-state index contributed by atoms with van der Waals surface area (Å²) in [6, 6.07) is 15.6. The lowest BCUT2D eigenvalue weighted by atomic mass is 10.1. The number of ether oxygens (including phenoxy) is 2. The first-order chi connectivity index (χ1) is 13.2. The number of hydrogen-bond donors (Lipinski definition) is 0. The Labute approximate surface area is 162 Å². The normalized spacial score (nSPS) is 17.8. The largest absolute Gasteiger partial charge is 0.493 e. The van der Waals surface area contributed by atoms with E-state index >= 15 is 0 Å². The number of methoxy groups -OCH3 is 2. The molecule has 4 rings (SSSR count). The zero-order valence-corrected chi connectivity index (χ0v) is 15.9. The Morgan fingerprint density at radius 2 is 1.85 bits per heavy atom. The Hall–Kier alpha value is -2.93. The standard InChI is InChI=1S/C20H19N3O3S/c1-25-17-9-8-14(11-18(17)26-2)10-16-19(24)23-12-22(13-27-20(23)21-16)15-6-4-3-5-7-15/h3-11H,12-13H2,1-2H3/b16-10-. The van der Waals surface area contributed by atoms with Crippen LogP contribution in [0.4, 0.5) is 5.69 Å². The molecule has 1 saturated heterocycles. The van der Waals surface area contributed by atoms with Gasteiger partial charge in [0, 0.05) is 5.69 Å². The van der Waals surface area contributed by atoms with Crippen molar-refractivity contribution in [3.63, 3.8) is 0 Å². The molecule has 0 saturated carbocycles. The third-order valence-electron chi connectivity index (χ3n) is 4.41. The van der Waals surface area contributed by atoms with E-state index in [0.29, 0.717) is 23.9 Å². The Balaban J connectivity index is 1.57. The van der Waals surface area contributed by atoms with E-state index in [1.165, 1.54) is 0 Å². The summed E-state index contributed by atoms with van der Waals surface area (Å²) in [5, 5.41) is 0.749. The van der Waals surface area contributed by atoms with Crippen LogP contribution < -0.4 is 14.4 Å². The van der Waals surface area contributed by atoms with E-state index in [1.807, 2.05) is 48.5 Å². The number of para-hydroxylation sites is 1. The predicted molar refractivity (Wildman–Crippen MR) is 108 cm³/mol. The van der Waals surface area contributed by atoms with Gasteiger partial charge in [-0.25, -0.2) is 4.99 Å². The van der Waals surface area contributed by atoms with Crippen LogP contribution in [0.3, 0.4) is 0 Å². The molecule has 0 aliphatic carbocycles. The molecule has 0 aromatic heterocycles. The van der Waals surface area contributed by atoms with E-state index in [4.69, 9.17) is 9.47 Å². The first-order valence-electron chi connectivity index (χ1n) is 8.46. The summed E-state index contributed by atoms with van der Waals surface area (Å²) < 4.78 is 10.6. The fourth-order valence-electron chi connectivity index (χ4n) is 3.01. The number of hydrogen-bond acceptors (Lipinski definition) is 6. The number of benzene rings is 2. The van der Waals surface area contributed by atoms with Gasteiger partial charge in [-0.1, -0.05) is 36.0 Å². The van der Waals surface area contributed by atoms with E-state index in [0.717, 1.165) is 22.3 Å². The van der Waals surface area contributed by atoms with Crippen molar-refractivity contribution >= 4 is 34.6 Å². The number of anilines is 1. The molecule has 0 atom stereocenters. The highest BCUT2D eigenvalue weighted by atomic mass is 32.2. The van der Waals surface area contributed by atoms with Crippen molar-refractivity contribution in [2.75, 3.05) is 31.7 Å². The van der Waals surface area contributed by atoms with Gasteiger partial charge in [0.05, 0.1) is 20.1 Å². The monoisotopic (exact) mass is 381 g/mol. The van der Waals surface area contributed by atoms with E-state index in [-0.39, 0.29) is 5.91 Å². The van der Waals surface area contributed by atoms with Crippen LogP contribution in [0.5, 0.6) is 11.5 Å². The average Bonchev–Trinajstić information content (AvgIpc) is 3.03. The van der Waals surface area contributed by atoms with Gasteiger partial charge in [-0.3, -0.25) is 9.69 Å². The number of amides is 1. The molecule has 2 aliphatic rings. The molecule has 0 radical (unpaired) electrons. The lowest BCUT2D eigenvalue weighted by Crippen LogP contribution is -2.46. The van der Waals surface area contributed by atoms with Crippen LogP contribution in [0.15, 0.2) is 59.2 Å². The Morgan fingerprint density at radius 3 is 2.59 bits per heavy atom. The second-order valence-electron chi connectivity index (χ2n) is 6.06. The summed E-state index contributed by atoms with van der Waals surface area (Å²) in [6.07, 6.45) is 1.78. The van der Waals surface area contributed by atoms with Gasteiger partial charge >= 0.3 is 0 Å². The van der Waals surface area contributed by atoms with Gasteiger partial charge in [0.2, 0.25) is 0 Å². The maximum Gasteiger partial charge on any atom is 0.280 e. The lowest BCUT2D eigenvalue weighted by molar-refractivity contribution is -0.122. The van der Waals surface area contributed by atoms with Crippen LogP contribution in [0, 0.1) is 0 Å². The van der Waals surface area contributed by atoms with Crippen LogP contribution in [0.1, 0.15) is 5.56 Å². The van der Waals surface area contributed by atoms with E-state index in [2.05, 4.69) is 9.89 Å². The Bertz CT molecular complexity index is 927. The van der Waals surface area contributed by atoms with E-state index in [9.17, 15) is 4.79 Å². The van der Waals surface area contributed by atoms with Crippen molar-refractivity contribution in [2.45, 2.75) is 0 Å². The van der Waals surface area contributed by atoms with Crippen LogP contribution in [-0.4, -0.2) is 42.7 Å². The highest BCUT2D eigenvalue weighted by Gasteiger charge is 2.35. The molecule has 2 heterocycles. The van der Waals surface area contributed by atoms with Crippen molar-refractivity contribution < 1.29 is 14.3 Å². The zero-order chi connectivity index (χ0) is 18.8. The minimum Gasteiger partial charge on any atom is -0.493 e. The van der Waals surface area contributed by atoms with E-state index < -0.39 is 0 Å². The molecular weight excluding hydrogens is 362 g/mol. The SMILES string of the molecule is COc1ccc(/C=C2\N=C3SCN(c4ccccc4)CN3C2=O)cc1OC. The summed E-state index contributed by atoms with van der Waals surface area (Å²) in [5.41, 5.74) is 2.36. The molecule has 27 heavy (non-hydrogen) atoms. The first-order valence-corrected chi connectivity index (χ1v) is 9.45. The maximum atomic E-state index is 12.8. The fourth-order valence-corrected chi connectivity index (χ4v) is 3.97. The van der Waals surface area contributed by atoms with Crippen molar-refractivity contribution in [3.8, 4) is 11.5 Å². The molecule has 138 valence electrons. The second kappa shape index (κ2) is 7.36. The molecule has 0 unspecified atom stereocenters. The van der Waals surface area contributed by atoms with Gasteiger partial charge in [-0.05, 0) is 35.9 Å². The lowest BCUT2D eigenvalue weighted by Gasteiger charge is -2.34. The minimum absolute atomic E-state index is 0.0899. The van der Waals surface area contributed by atoms with E-state index in [1.54, 1.807) is 37.0 Å². The predicted octanol–water partition coefficient (Wildman–Crippen LogP) is 3.41. The van der Waals surface area contributed by atoms with Gasteiger partial charge in [0.1, 0.15) is 12.4 Å². The molecule has 6 nitrogen and oxygen atoms in total. The zero-order valence-electron chi connectivity index (χ0n) is 15.1. The summed E-state index contributed by atoms with van der Waals surface area (Å²) >= 11 is 1.56. The number of carbonyl (C=O) groups excluding carboxylic acids is 1. The van der Waals surface area contributed by atoms with Crippen molar-refractivity contribution in [1.29, 1.82) is 0 Å². The number of thioether (sulfide) groups is 1. The third kappa shape index (κ3) is 3.38. The molecule has 2 aromatic rings. The van der Waals surface area contributed by atoms with Crippen molar-refractivity contribution in [1.82, 2.24) is 4.90 Å². The number of rotatable bonds is 4. The molecule has 7 heteroatoms. The molecule has 0 spiro atoms. The molecule has 2 aromatic carbocycles. The Morgan fingerprint density at radius 1 is 1.07 bits per heavy atom. The quantitative estimate of drug-likeness (QED) is 0.760. The highest BCUT2D eigenvalue weighted by molar-refractivity contribution is 8.14. The number of aliphatic imine (C=N–C) groups is 1. The minimum atomic E-state index is -0.0899. The number of nitrogens with zero attached hydrogens (tertiary/aromatic N) is 3. The summed E-state index contributed by atoms with van der Waals surface area (Å²) in [5.74, 6) is 1.94. The van der Waals surface area contributed by atoms with Gasteiger partial charge in [-0.2, -0.15) is 0 Å². The topological polar surface area (TPSA) is 54.4 Å². The third-order valence-corrected chi connectivity index (χ3v) is 5.42. The number of fused-ring (bicyclic) bond motifs is 1. The highest BCUT2D eigenvalue weighted by Crippen LogP contribution is 2.32. The molecular formula is C20H19N3O3S. The van der Waals surface area contributed by atoms with Crippen molar-refractivity contribution in [3.05, 3.63) is 59.8 Å². The van der Waals surface area contributed by atoms with Gasteiger partial charge in [-0.15, -0.1) is 0 Å². The Kier molecular flexibility index (Phi) is 4.77. The molecule has 0 N–H and O–H groups in total. The molecule has 1 fully saturated rings. The fraction of sp³-hybridized carbons (Fsp3) is 0.200. The average molecular weight is 381 g/mol. The summed E-state index contributed by atoms with van der Waals surface area (Å²) in [4.78, 5) is 21.2. The van der Waals surface area contributed by atoms with Crippen LogP contribution in [0.2, 0.25) is 0 Å². The summed E-state index contributed by atoms with van der Waals surface area (Å²) in [6.45, 7) is 0.498. The maximum absolute atomic E-state index is 12.8. The molecule has 0 bridgehead atoms. The first kappa shape index (κ1) is 17.5. The van der Waals surface area contributed by atoms with Crippen LogP contribution in [0.25, 0.3) is 6.08 Å². The molecule has 1 amide bonds. The number of amidine groups is 1. The number of carbonyl (C=O) groups is 1. The van der Waals surface area contributed by atoms with Crippen LogP contribution in [-0.2, 0) is 4.79 Å². The summed E-state index contributed by atoms with van der Waals surface area (Å²) in [7, 11) is 3.18. The van der Waals surface area contributed by atoms with Crippen LogP contribution >= 0.6 is 11.8 Å². The van der Waals surface area contributed by atoms with Gasteiger partial charge in [0.15, 0.2) is 16.7 Å². The smallest absolute Gasteiger partial charge is 0.280 e. The molecule has 2 aliphatic heterocycles. The second-order valence-corrected chi connectivity index (χ2v) is 6.97. The van der Waals surface area contributed by atoms with Gasteiger partial charge < -0.3 is 14.4 Å². The van der Waals surface area contributed by atoms with Crippen molar-refractivity contribution in [2.24, 2.45) is 4.99 Å². The van der Waals surface area contributed by atoms with Gasteiger partial charge in [0.25, 0.3) is 5.91 Å².